The Kier molecular flexibility index (Phi) is 5.89. The number of rotatable bonds is 5. The molecule has 0 radical (unpaired) electrons. The molecule has 1 aromatic heterocycles. The molecule has 0 bridgehead atoms. The summed E-state index contributed by atoms with van der Waals surface area (Å²) < 4.78 is 5.38. The number of nitrogens with zero attached hydrogens (tertiary/aromatic N) is 1. The van der Waals surface area contributed by atoms with E-state index >= 15 is 0 Å². The predicted octanol–water partition coefficient (Wildman–Crippen LogP) is 5.30. The van der Waals surface area contributed by atoms with Crippen LogP contribution in [0.1, 0.15) is 38.7 Å². The first kappa shape index (κ1) is 21.8. The van der Waals surface area contributed by atoms with Gasteiger partial charge in [-0.1, -0.05) is 35.9 Å². The molecule has 1 N–H and O–H groups in total. The van der Waals surface area contributed by atoms with Crippen LogP contribution in [0.15, 0.2) is 59.5 Å². The van der Waals surface area contributed by atoms with Crippen molar-refractivity contribution in [2.45, 2.75) is 33.4 Å². The third-order valence-corrected chi connectivity index (χ3v) is 6.66. The summed E-state index contributed by atoms with van der Waals surface area (Å²) in [4.78, 5) is 28.9. The normalized spacial score (nSPS) is 17.8. The average molecular weight is 448 g/mol. The molecule has 4 rings (SSSR count). The van der Waals surface area contributed by atoms with Gasteiger partial charge in [0, 0.05) is 10.4 Å². The first-order chi connectivity index (χ1) is 15.3. The number of thiophene rings is 1. The van der Waals surface area contributed by atoms with Crippen LogP contribution in [0.2, 0.25) is 0 Å². The number of amides is 1. The Balaban J connectivity index is 1.91. The largest absolute Gasteiger partial charge is 0.507 e. The summed E-state index contributed by atoms with van der Waals surface area (Å²) in [5, 5.41) is 13.3. The Morgan fingerprint density at radius 1 is 1.06 bits per heavy atom. The minimum absolute atomic E-state index is 0.116. The van der Waals surface area contributed by atoms with E-state index in [-0.39, 0.29) is 11.3 Å². The monoisotopic (exact) mass is 447 g/mol. The van der Waals surface area contributed by atoms with E-state index in [9.17, 15) is 14.7 Å². The van der Waals surface area contributed by atoms with E-state index in [0.717, 1.165) is 27.1 Å². The van der Waals surface area contributed by atoms with E-state index in [2.05, 4.69) is 0 Å². The molecule has 1 atom stereocenters. The number of aryl methyl sites for hydroxylation is 3. The van der Waals surface area contributed by atoms with Crippen LogP contribution in [-0.4, -0.2) is 28.8 Å². The van der Waals surface area contributed by atoms with E-state index < -0.39 is 17.7 Å². The summed E-state index contributed by atoms with van der Waals surface area (Å²) in [7, 11) is 1.59. The number of aliphatic hydroxyl groups excluding tert-OH is 1. The van der Waals surface area contributed by atoms with Gasteiger partial charge >= 0.3 is 0 Å². The van der Waals surface area contributed by atoms with Gasteiger partial charge in [-0.25, -0.2) is 0 Å². The highest BCUT2D eigenvalue weighted by Gasteiger charge is 2.46. The van der Waals surface area contributed by atoms with Gasteiger partial charge in [0.25, 0.3) is 11.7 Å². The van der Waals surface area contributed by atoms with Crippen LogP contribution in [0, 0.1) is 20.8 Å². The van der Waals surface area contributed by atoms with Crippen molar-refractivity contribution in [2.24, 2.45) is 0 Å². The molecule has 1 amide bonds. The lowest BCUT2D eigenvalue weighted by atomic mass is 9.92. The summed E-state index contributed by atoms with van der Waals surface area (Å²) in [5.41, 5.74) is 4.04. The van der Waals surface area contributed by atoms with E-state index in [1.54, 1.807) is 18.1 Å². The number of aliphatic hydroxyl groups is 1. The van der Waals surface area contributed by atoms with Gasteiger partial charge in [0.2, 0.25) is 0 Å². The molecule has 1 saturated heterocycles. The zero-order valence-corrected chi connectivity index (χ0v) is 19.3. The average Bonchev–Trinajstić information content (AvgIpc) is 3.37. The van der Waals surface area contributed by atoms with Crippen LogP contribution < -0.4 is 4.74 Å². The molecule has 2 aromatic carbocycles. The van der Waals surface area contributed by atoms with Gasteiger partial charge in [0.1, 0.15) is 11.5 Å². The maximum Gasteiger partial charge on any atom is 0.295 e. The van der Waals surface area contributed by atoms with E-state index in [1.807, 2.05) is 68.6 Å². The molecule has 164 valence electrons. The molecular formula is C26H25NO4S. The number of hydrogen-bond donors (Lipinski definition) is 1. The Morgan fingerprint density at radius 2 is 1.84 bits per heavy atom. The number of ether oxygens (including phenoxy) is 1. The summed E-state index contributed by atoms with van der Waals surface area (Å²) in [6.45, 7) is 5.99. The topological polar surface area (TPSA) is 66.8 Å². The molecule has 32 heavy (non-hydrogen) atoms. The standard InChI is InChI=1S/C26H25NO4S/c1-15-7-5-8-18(11-15)23-22(24(28)20-12-17(3)21(31-4)13-16(20)2)25(29)26(30)27(23)14-19-9-6-10-32-19/h5-13,23,28H,14H2,1-4H3/b24-22+. The van der Waals surface area contributed by atoms with Crippen molar-refractivity contribution in [3.63, 3.8) is 0 Å². The first-order valence-corrected chi connectivity index (χ1v) is 11.2. The van der Waals surface area contributed by atoms with Gasteiger partial charge in [0.15, 0.2) is 0 Å². The van der Waals surface area contributed by atoms with Gasteiger partial charge in [-0.3, -0.25) is 9.59 Å². The SMILES string of the molecule is COc1cc(C)c(/C(O)=C2\C(=O)C(=O)N(Cc3cccs3)C2c2cccc(C)c2)cc1C. The quantitative estimate of drug-likeness (QED) is 0.327. The zero-order valence-electron chi connectivity index (χ0n) is 18.5. The van der Waals surface area contributed by atoms with Gasteiger partial charge in [-0.15, -0.1) is 11.3 Å². The predicted molar refractivity (Wildman–Crippen MR) is 126 cm³/mol. The molecule has 0 spiro atoms. The number of hydrogen-bond acceptors (Lipinski definition) is 5. The van der Waals surface area contributed by atoms with Crippen molar-refractivity contribution in [2.75, 3.05) is 7.11 Å². The number of likely N-dealkylation sites (tertiary alicyclic amines) is 1. The van der Waals surface area contributed by atoms with Crippen LogP contribution in [0.3, 0.4) is 0 Å². The fraction of sp³-hybridized carbons (Fsp3) is 0.231. The lowest BCUT2D eigenvalue weighted by Crippen LogP contribution is -2.28. The molecule has 2 heterocycles. The highest BCUT2D eigenvalue weighted by atomic mass is 32.1. The van der Waals surface area contributed by atoms with E-state index in [1.165, 1.54) is 11.3 Å². The molecule has 0 aliphatic carbocycles. The summed E-state index contributed by atoms with van der Waals surface area (Å²) in [6.07, 6.45) is 0. The van der Waals surface area contributed by atoms with Crippen molar-refractivity contribution in [1.82, 2.24) is 4.90 Å². The molecule has 5 nitrogen and oxygen atoms in total. The summed E-state index contributed by atoms with van der Waals surface area (Å²) >= 11 is 1.53. The molecule has 0 saturated carbocycles. The van der Waals surface area contributed by atoms with Crippen LogP contribution >= 0.6 is 11.3 Å². The van der Waals surface area contributed by atoms with Crippen LogP contribution in [0.25, 0.3) is 5.76 Å². The fourth-order valence-corrected chi connectivity index (χ4v) is 4.91. The maximum atomic E-state index is 13.2. The highest BCUT2D eigenvalue weighted by Crippen LogP contribution is 2.41. The number of ketones is 1. The van der Waals surface area contributed by atoms with Crippen LogP contribution in [0.5, 0.6) is 5.75 Å². The second-order valence-electron chi connectivity index (χ2n) is 8.06. The van der Waals surface area contributed by atoms with Gasteiger partial charge in [-0.2, -0.15) is 0 Å². The van der Waals surface area contributed by atoms with Crippen molar-refractivity contribution >= 4 is 28.8 Å². The Morgan fingerprint density at radius 3 is 2.50 bits per heavy atom. The molecule has 3 aromatic rings. The lowest BCUT2D eigenvalue weighted by molar-refractivity contribution is -0.140. The van der Waals surface area contributed by atoms with Crippen molar-refractivity contribution in [3.8, 4) is 5.75 Å². The molecule has 1 aliphatic rings. The fourth-order valence-electron chi connectivity index (χ4n) is 4.21. The molecule has 1 fully saturated rings. The minimum atomic E-state index is -0.668. The smallest absolute Gasteiger partial charge is 0.295 e. The molecule has 6 heteroatoms. The Bertz CT molecular complexity index is 1230. The third kappa shape index (κ3) is 3.82. The van der Waals surface area contributed by atoms with Gasteiger partial charge in [-0.05, 0) is 61.0 Å². The van der Waals surface area contributed by atoms with Gasteiger partial charge < -0.3 is 14.7 Å². The number of benzene rings is 2. The van der Waals surface area contributed by atoms with Crippen LogP contribution in [0.4, 0.5) is 0 Å². The Hall–Kier alpha value is -3.38. The minimum Gasteiger partial charge on any atom is -0.507 e. The Labute approximate surface area is 191 Å². The number of carbonyl (C=O) groups is 2. The van der Waals surface area contributed by atoms with Crippen LogP contribution in [-0.2, 0) is 16.1 Å². The molecule has 1 aliphatic heterocycles. The number of carbonyl (C=O) groups excluding carboxylic acids is 2. The van der Waals surface area contributed by atoms with Crippen molar-refractivity contribution < 1.29 is 19.4 Å². The van der Waals surface area contributed by atoms with E-state index in [0.29, 0.717) is 17.9 Å². The van der Waals surface area contributed by atoms with Gasteiger partial charge in [0.05, 0.1) is 25.3 Å². The lowest BCUT2D eigenvalue weighted by Gasteiger charge is -2.25. The number of methoxy groups -OCH3 is 1. The summed E-state index contributed by atoms with van der Waals surface area (Å²) in [6, 6.07) is 14.5. The number of Topliss-reactive ketones (excluding diaryl/α,β-unsaturated/α-hetero) is 1. The van der Waals surface area contributed by atoms with E-state index in [4.69, 9.17) is 4.74 Å². The first-order valence-electron chi connectivity index (χ1n) is 10.3. The molecule has 1 unspecified atom stereocenters. The van der Waals surface area contributed by atoms with Crippen molar-refractivity contribution in [3.05, 3.63) is 92.2 Å². The second-order valence-corrected chi connectivity index (χ2v) is 9.09. The maximum absolute atomic E-state index is 13.2. The third-order valence-electron chi connectivity index (χ3n) is 5.80. The summed E-state index contributed by atoms with van der Waals surface area (Å²) in [5.74, 6) is -0.730. The zero-order chi connectivity index (χ0) is 23.0. The highest BCUT2D eigenvalue weighted by molar-refractivity contribution is 7.09. The molecular weight excluding hydrogens is 422 g/mol. The van der Waals surface area contributed by atoms with Crippen molar-refractivity contribution in [1.29, 1.82) is 0 Å². The second kappa shape index (κ2) is 8.63.